The molecule has 0 aliphatic heterocycles. The van der Waals surface area contributed by atoms with Gasteiger partial charge in [-0.3, -0.25) is 4.79 Å². The fraction of sp³-hybridized carbons (Fsp3) is 0.111. The molecule has 4 rings (SSSR count). The molecular formula is C18H14N4O3. The molecule has 0 aliphatic carbocycles. The first-order chi connectivity index (χ1) is 12.2. The van der Waals surface area contributed by atoms with E-state index in [0.717, 1.165) is 16.7 Å². The number of aromatic nitrogens is 4. The molecule has 7 nitrogen and oxygen atoms in total. The minimum atomic E-state index is -0.192. The van der Waals surface area contributed by atoms with Gasteiger partial charge in [0.25, 0.3) is 5.56 Å². The summed E-state index contributed by atoms with van der Waals surface area (Å²) >= 11 is 0. The topological polar surface area (TPSA) is 83.0 Å². The van der Waals surface area contributed by atoms with E-state index in [-0.39, 0.29) is 12.1 Å². The quantitative estimate of drug-likeness (QED) is 0.570. The number of rotatable bonds is 4. The molecule has 0 aliphatic rings. The molecule has 7 heteroatoms. The van der Waals surface area contributed by atoms with Crippen LogP contribution < -0.4 is 10.3 Å². The predicted molar refractivity (Wildman–Crippen MR) is 91.4 cm³/mol. The van der Waals surface area contributed by atoms with E-state index in [2.05, 4.69) is 15.2 Å². The summed E-state index contributed by atoms with van der Waals surface area (Å²) in [7, 11) is 1.61. The van der Waals surface area contributed by atoms with Crippen molar-refractivity contribution in [1.82, 2.24) is 19.9 Å². The van der Waals surface area contributed by atoms with Crippen LogP contribution in [0.25, 0.3) is 22.2 Å². The van der Waals surface area contributed by atoms with Gasteiger partial charge in [-0.05, 0) is 30.3 Å². The van der Waals surface area contributed by atoms with Crippen molar-refractivity contribution in [3.63, 3.8) is 0 Å². The highest BCUT2D eigenvalue weighted by molar-refractivity contribution is 5.80. The molecule has 0 radical (unpaired) electrons. The van der Waals surface area contributed by atoms with Crippen LogP contribution in [-0.2, 0) is 6.54 Å². The van der Waals surface area contributed by atoms with Crippen LogP contribution >= 0.6 is 0 Å². The fourth-order valence-electron chi connectivity index (χ4n) is 2.54. The lowest BCUT2D eigenvalue weighted by molar-refractivity contribution is 0.363. The maximum Gasteiger partial charge on any atom is 0.275 e. The normalized spacial score (nSPS) is 10.9. The lowest BCUT2D eigenvalue weighted by atomic mass is 10.2. The summed E-state index contributed by atoms with van der Waals surface area (Å²) in [4.78, 5) is 16.8. The molecule has 2 aromatic heterocycles. The van der Waals surface area contributed by atoms with E-state index in [1.165, 1.54) is 4.68 Å². The Labute approximate surface area is 142 Å². The summed E-state index contributed by atoms with van der Waals surface area (Å²) in [5, 5.41) is 9.53. The van der Waals surface area contributed by atoms with Crippen LogP contribution in [0.4, 0.5) is 0 Å². The SMILES string of the molecule is COc1ccc(-c2noc(Cn3ncc4ccccc4c3=O)n2)cc1. The van der Waals surface area contributed by atoms with Crippen molar-refractivity contribution in [2.75, 3.05) is 7.11 Å². The second kappa shape index (κ2) is 6.20. The van der Waals surface area contributed by atoms with Gasteiger partial charge in [-0.2, -0.15) is 10.1 Å². The summed E-state index contributed by atoms with van der Waals surface area (Å²) in [6.45, 7) is 0.118. The minimum Gasteiger partial charge on any atom is -0.497 e. The van der Waals surface area contributed by atoms with Crippen LogP contribution in [0.15, 0.2) is 64.0 Å². The molecule has 0 amide bonds. The average Bonchev–Trinajstić information content (AvgIpc) is 3.13. The van der Waals surface area contributed by atoms with Crippen molar-refractivity contribution >= 4 is 10.8 Å². The van der Waals surface area contributed by atoms with Crippen molar-refractivity contribution in [2.45, 2.75) is 6.54 Å². The number of hydrogen-bond donors (Lipinski definition) is 0. The van der Waals surface area contributed by atoms with Gasteiger partial charge in [-0.15, -0.1) is 0 Å². The third kappa shape index (κ3) is 2.87. The van der Waals surface area contributed by atoms with Gasteiger partial charge in [0.1, 0.15) is 12.3 Å². The predicted octanol–water partition coefficient (Wildman–Crippen LogP) is 2.50. The molecule has 0 saturated carbocycles. The first-order valence-electron chi connectivity index (χ1n) is 7.66. The first kappa shape index (κ1) is 15.1. The van der Waals surface area contributed by atoms with E-state index < -0.39 is 0 Å². The Bertz CT molecular complexity index is 1080. The molecule has 0 saturated heterocycles. The van der Waals surface area contributed by atoms with E-state index in [9.17, 15) is 4.79 Å². The Balaban J connectivity index is 1.63. The van der Waals surface area contributed by atoms with Crippen LogP contribution in [-0.4, -0.2) is 27.0 Å². The highest BCUT2D eigenvalue weighted by atomic mass is 16.5. The highest BCUT2D eigenvalue weighted by Gasteiger charge is 2.11. The maximum absolute atomic E-state index is 12.5. The Morgan fingerprint density at radius 3 is 2.72 bits per heavy atom. The number of benzene rings is 2. The molecule has 0 spiro atoms. The van der Waals surface area contributed by atoms with Gasteiger partial charge in [0.15, 0.2) is 0 Å². The molecular weight excluding hydrogens is 320 g/mol. The maximum atomic E-state index is 12.5. The van der Waals surface area contributed by atoms with Gasteiger partial charge < -0.3 is 9.26 Å². The van der Waals surface area contributed by atoms with Crippen molar-refractivity contribution in [1.29, 1.82) is 0 Å². The zero-order chi connectivity index (χ0) is 17.2. The van der Waals surface area contributed by atoms with Crippen molar-refractivity contribution in [2.24, 2.45) is 0 Å². The number of hydrogen-bond acceptors (Lipinski definition) is 6. The zero-order valence-electron chi connectivity index (χ0n) is 13.4. The van der Waals surface area contributed by atoms with Crippen LogP contribution in [0.1, 0.15) is 5.89 Å². The Hall–Kier alpha value is -3.48. The number of ether oxygens (including phenoxy) is 1. The molecule has 124 valence electrons. The molecule has 0 N–H and O–H groups in total. The van der Waals surface area contributed by atoms with E-state index in [1.54, 1.807) is 19.4 Å². The van der Waals surface area contributed by atoms with Gasteiger partial charge in [0.05, 0.1) is 18.7 Å². The molecule has 2 heterocycles. The molecule has 4 aromatic rings. The zero-order valence-corrected chi connectivity index (χ0v) is 13.4. The number of nitrogens with zero attached hydrogens (tertiary/aromatic N) is 4. The van der Waals surface area contributed by atoms with Crippen molar-refractivity contribution in [3.05, 3.63) is 71.0 Å². The summed E-state index contributed by atoms with van der Waals surface area (Å²) < 4.78 is 11.7. The van der Waals surface area contributed by atoms with E-state index >= 15 is 0 Å². The lowest BCUT2D eigenvalue weighted by Crippen LogP contribution is -2.23. The van der Waals surface area contributed by atoms with Crippen molar-refractivity contribution in [3.8, 4) is 17.1 Å². The van der Waals surface area contributed by atoms with E-state index in [1.807, 2.05) is 42.5 Å². The third-order valence-electron chi connectivity index (χ3n) is 3.86. The minimum absolute atomic E-state index is 0.118. The van der Waals surface area contributed by atoms with Gasteiger partial charge in [-0.25, -0.2) is 4.68 Å². The average molecular weight is 334 g/mol. The smallest absolute Gasteiger partial charge is 0.275 e. The van der Waals surface area contributed by atoms with Gasteiger partial charge in [0.2, 0.25) is 11.7 Å². The summed E-state index contributed by atoms with van der Waals surface area (Å²) in [6, 6.07) is 14.6. The molecule has 0 unspecified atom stereocenters. The Morgan fingerprint density at radius 1 is 1.12 bits per heavy atom. The molecule has 0 atom stereocenters. The van der Waals surface area contributed by atoms with Gasteiger partial charge in [-0.1, -0.05) is 23.4 Å². The van der Waals surface area contributed by atoms with Crippen LogP contribution in [0.2, 0.25) is 0 Å². The van der Waals surface area contributed by atoms with E-state index in [0.29, 0.717) is 17.1 Å². The number of fused-ring (bicyclic) bond motifs is 1. The second-order valence-corrected chi connectivity index (χ2v) is 5.43. The molecule has 0 fully saturated rings. The number of methoxy groups -OCH3 is 1. The van der Waals surface area contributed by atoms with Crippen LogP contribution in [0.5, 0.6) is 5.75 Å². The first-order valence-corrected chi connectivity index (χ1v) is 7.66. The summed E-state index contributed by atoms with van der Waals surface area (Å²) in [5.74, 6) is 1.52. The van der Waals surface area contributed by atoms with Crippen LogP contribution in [0.3, 0.4) is 0 Å². The van der Waals surface area contributed by atoms with Crippen LogP contribution in [0, 0.1) is 0 Å². The monoisotopic (exact) mass is 334 g/mol. The molecule has 2 aromatic carbocycles. The third-order valence-corrected chi connectivity index (χ3v) is 3.86. The Morgan fingerprint density at radius 2 is 1.92 bits per heavy atom. The fourth-order valence-corrected chi connectivity index (χ4v) is 2.54. The molecule has 0 bridgehead atoms. The lowest BCUT2D eigenvalue weighted by Gasteiger charge is -2.02. The van der Waals surface area contributed by atoms with Gasteiger partial charge >= 0.3 is 0 Å². The Kier molecular flexibility index (Phi) is 3.74. The molecule has 25 heavy (non-hydrogen) atoms. The van der Waals surface area contributed by atoms with E-state index in [4.69, 9.17) is 9.26 Å². The standard InChI is InChI=1S/C18H14N4O3/c1-24-14-8-6-12(7-9-14)17-20-16(25-21-17)11-22-18(23)15-5-3-2-4-13(15)10-19-22/h2-10H,11H2,1H3. The van der Waals surface area contributed by atoms with Gasteiger partial charge in [0, 0.05) is 10.9 Å². The summed E-state index contributed by atoms with van der Waals surface area (Å²) in [6.07, 6.45) is 1.65. The largest absolute Gasteiger partial charge is 0.497 e. The summed E-state index contributed by atoms with van der Waals surface area (Å²) in [5.41, 5.74) is 0.608. The highest BCUT2D eigenvalue weighted by Crippen LogP contribution is 2.19. The second-order valence-electron chi connectivity index (χ2n) is 5.43. The van der Waals surface area contributed by atoms with Crippen molar-refractivity contribution < 1.29 is 9.26 Å².